The smallest absolute Gasteiger partial charge is 0.0662 e. The molecule has 1 heterocycles. The van der Waals surface area contributed by atoms with Crippen LogP contribution in [0.1, 0.15) is 18.2 Å². The number of hydrogen-bond donors (Lipinski definition) is 2. The summed E-state index contributed by atoms with van der Waals surface area (Å²) in [5.41, 5.74) is 0. The molecular formula is C13H16ClNOS. The number of rotatable bonds is 5. The molecule has 0 saturated heterocycles. The second kappa shape index (κ2) is 5.83. The van der Waals surface area contributed by atoms with Crippen LogP contribution >= 0.6 is 22.9 Å². The van der Waals surface area contributed by atoms with Gasteiger partial charge in [0.25, 0.3) is 0 Å². The van der Waals surface area contributed by atoms with E-state index in [1.165, 1.54) is 4.70 Å². The van der Waals surface area contributed by atoms with Gasteiger partial charge in [-0.3, -0.25) is 0 Å². The first-order chi connectivity index (χ1) is 8.22. The molecule has 2 nitrogen and oxygen atoms in total. The van der Waals surface area contributed by atoms with Crippen LogP contribution < -0.4 is 5.32 Å². The molecule has 1 unspecified atom stereocenters. The Bertz CT molecular complexity index is 497. The summed E-state index contributed by atoms with van der Waals surface area (Å²) in [6, 6.07) is 8.14. The number of fused-ring (bicyclic) bond motifs is 1. The maximum absolute atomic E-state index is 9.45. The molecule has 0 aliphatic heterocycles. The summed E-state index contributed by atoms with van der Waals surface area (Å²) in [6.07, 6.45) is 0.496. The van der Waals surface area contributed by atoms with Crippen molar-refractivity contribution in [3.63, 3.8) is 0 Å². The van der Waals surface area contributed by atoms with Crippen molar-refractivity contribution in [1.82, 2.24) is 5.32 Å². The van der Waals surface area contributed by atoms with Gasteiger partial charge in [0.1, 0.15) is 0 Å². The number of nitrogens with one attached hydrogen (secondary N) is 1. The van der Waals surface area contributed by atoms with Crippen molar-refractivity contribution in [2.24, 2.45) is 0 Å². The summed E-state index contributed by atoms with van der Waals surface area (Å²) in [5, 5.41) is 14.6. The summed E-state index contributed by atoms with van der Waals surface area (Å²) >= 11 is 8.02. The van der Waals surface area contributed by atoms with Crippen LogP contribution in [0, 0.1) is 0 Å². The van der Waals surface area contributed by atoms with Crippen LogP contribution in [0.2, 0.25) is 5.02 Å². The van der Waals surface area contributed by atoms with Crippen LogP contribution in [0.15, 0.2) is 24.3 Å². The van der Waals surface area contributed by atoms with Crippen LogP contribution in [0.5, 0.6) is 0 Å². The molecule has 4 heteroatoms. The molecule has 1 aromatic carbocycles. The Hall–Kier alpha value is -0.610. The van der Waals surface area contributed by atoms with E-state index in [0.29, 0.717) is 6.54 Å². The topological polar surface area (TPSA) is 32.3 Å². The third-order valence-corrected chi connectivity index (χ3v) is 4.45. The minimum Gasteiger partial charge on any atom is -0.392 e. The van der Waals surface area contributed by atoms with Crippen molar-refractivity contribution < 1.29 is 5.11 Å². The Morgan fingerprint density at radius 2 is 2.18 bits per heavy atom. The fourth-order valence-corrected chi connectivity index (χ4v) is 3.14. The number of thiophene rings is 1. The van der Waals surface area contributed by atoms with E-state index in [9.17, 15) is 5.11 Å². The summed E-state index contributed by atoms with van der Waals surface area (Å²) < 4.78 is 1.21. The lowest BCUT2D eigenvalue weighted by atomic mass is 10.2. The normalized spacial score (nSPS) is 13.1. The highest BCUT2D eigenvalue weighted by molar-refractivity contribution is 7.19. The van der Waals surface area contributed by atoms with Crippen LogP contribution in [-0.2, 0) is 6.54 Å². The van der Waals surface area contributed by atoms with Gasteiger partial charge in [-0.25, -0.2) is 0 Å². The molecule has 0 fully saturated rings. The average Bonchev–Trinajstić information content (AvgIpc) is 2.67. The predicted molar refractivity (Wildman–Crippen MR) is 74.8 cm³/mol. The monoisotopic (exact) mass is 269 g/mol. The zero-order chi connectivity index (χ0) is 12.3. The van der Waals surface area contributed by atoms with Crippen molar-refractivity contribution in [1.29, 1.82) is 0 Å². The van der Waals surface area contributed by atoms with Gasteiger partial charge in [0.05, 0.1) is 11.1 Å². The van der Waals surface area contributed by atoms with E-state index >= 15 is 0 Å². The highest BCUT2D eigenvalue weighted by atomic mass is 35.5. The molecule has 0 spiro atoms. The van der Waals surface area contributed by atoms with Gasteiger partial charge in [-0.05, 0) is 12.5 Å². The Kier molecular flexibility index (Phi) is 4.40. The van der Waals surface area contributed by atoms with E-state index < -0.39 is 0 Å². The standard InChI is InChI=1S/C13H16ClNOS/c1-2-9(16)7-15-8-12-13(14)10-5-3-4-6-11(10)17-12/h3-6,9,15-16H,2,7-8H2,1H3. The summed E-state index contributed by atoms with van der Waals surface area (Å²) in [4.78, 5) is 1.14. The zero-order valence-electron chi connectivity index (χ0n) is 9.74. The Labute approximate surface area is 110 Å². The number of benzene rings is 1. The quantitative estimate of drug-likeness (QED) is 0.872. The molecule has 0 amide bonds. The summed E-state index contributed by atoms with van der Waals surface area (Å²) in [7, 11) is 0. The largest absolute Gasteiger partial charge is 0.392 e. The Balaban J connectivity index is 2.06. The molecule has 2 N–H and O–H groups in total. The third-order valence-electron chi connectivity index (χ3n) is 2.74. The van der Waals surface area contributed by atoms with Gasteiger partial charge in [-0.15, -0.1) is 11.3 Å². The average molecular weight is 270 g/mol. The molecule has 1 aromatic heterocycles. The highest BCUT2D eigenvalue weighted by Gasteiger charge is 2.09. The van der Waals surface area contributed by atoms with Gasteiger partial charge in [-0.2, -0.15) is 0 Å². The summed E-state index contributed by atoms with van der Waals surface area (Å²) in [5.74, 6) is 0. The van der Waals surface area contributed by atoms with Crippen molar-refractivity contribution in [3.8, 4) is 0 Å². The first-order valence-electron chi connectivity index (χ1n) is 5.77. The van der Waals surface area contributed by atoms with Crippen molar-refractivity contribution in [3.05, 3.63) is 34.2 Å². The van der Waals surface area contributed by atoms with Gasteiger partial charge in [0.15, 0.2) is 0 Å². The van der Waals surface area contributed by atoms with E-state index in [0.717, 1.165) is 28.3 Å². The minimum absolute atomic E-state index is 0.275. The van der Waals surface area contributed by atoms with E-state index in [2.05, 4.69) is 11.4 Å². The lowest BCUT2D eigenvalue weighted by Gasteiger charge is -2.08. The third kappa shape index (κ3) is 2.99. The lowest BCUT2D eigenvalue weighted by Crippen LogP contribution is -2.25. The maximum atomic E-state index is 9.45. The van der Waals surface area contributed by atoms with E-state index in [-0.39, 0.29) is 6.10 Å². The number of aliphatic hydroxyl groups is 1. The Morgan fingerprint density at radius 3 is 2.88 bits per heavy atom. The first kappa shape index (κ1) is 12.8. The van der Waals surface area contributed by atoms with Crippen molar-refractivity contribution in [2.75, 3.05) is 6.54 Å². The van der Waals surface area contributed by atoms with Gasteiger partial charge < -0.3 is 10.4 Å². The molecule has 0 bridgehead atoms. The van der Waals surface area contributed by atoms with E-state index in [1.807, 2.05) is 25.1 Å². The maximum Gasteiger partial charge on any atom is 0.0662 e. The number of halogens is 1. The van der Waals surface area contributed by atoms with E-state index in [1.54, 1.807) is 11.3 Å². The van der Waals surface area contributed by atoms with Crippen LogP contribution in [0.4, 0.5) is 0 Å². The number of aliphatic hydroxyl groups excluding tert-OH is 1. The molecule has 17 heavy (non-hydrogen) atoms. The van der Waals surface area contributed by atoms with Crippen LogP contribution in [0.25, 0.3) is 10.1 Å². The summed E-state index contributed by atoms with van der Waals surface area (Å²) in [6.45, 7) is 3.30. The minimum atomic E-state index is -0.275. The second-order valence-corrected chi connectivity index (χ2v) is 5.54. The fraction of sp³-hybridized carbons (Fsp3) is 0.385. The highest BCUT2D eigenvalue weighted by Crippen LogP contribution is 2.34. The predicted octanol–water partition coefficient (Wildman–Crippen LogP) is 3.42. The molecule has 2 aromatic rings. The molecule has 0 aliphatic rings. The molecule has 0 aliphatic carbocycles. The van der Waals surface area contributed by atoms with E-state index in [4.69, 9.17) is 11.6 Å². The molecular weight excluding hydrogens is 254 g/mol. The van der Waals surface area contributed by atoms with Crippen LogP contribution in [0.3, 0.4) is 0 Å². The van der Waals surface area contributed by atoms with Gasteiger partial charge in [0, 0.05) is 28.1 Å². The van der Waals surface area contributed by atoms with Crippen molar-refractivity contribution in [2.45, 2.75) is 26.0 Å². The van der Waals surface area contributed by atoms with Crippen molar-refractivity contribution >= 4 is 33.0 Å². The zero-order valence-corrected chi connectivity index (χ0v) is 11.3. The fourth-order valence-electron chi connectivity index (χ4n) is 1.68. The van der Waals surface area contributed by atoms with Gasteiger partial charge in [0.2, 0.25) is 0 Å². The molecule has 2 rings (SSSR count). The second-order valence-electron chi connectivity index (χ2n) is 4.03. The lowest BCUT2D eigenvalue weighted by molar-refractivity contribution is 0.167. The van der Waals surface area contributed by atoms with Gasteiger partial charge >= 0.3 is 0 Å². The molecule has 92 valence electrons. The Morgan fingerprint density at radius 1 is 1.41 bits per heavy atom. The molecule has 0 saturated carbocycles. The molecule has 1 atom stereocenters. The SMILES string of the molecule is CCC(O)CNCc1sc2ccccc2c1Cl. The number of hydrogen-bond acceptors (Lipinski definition) is 3. The van der Waals surface area contributed by atoms with Gasteiger partial charge in [-0.1, -0.05) is 36.7 Å². The molecule has 0 radical (unpaired) electrons. The first-order valence-corrected chi connectivity index (χ1v) is 6.96. The van der Waals surface area contributed by atoms with Crippen LogP contribution in [-0.4, -0.2) is 17.8 Å².